The Morgan fingerprint density at radius 1 is 1.05 bits per heavy atom. The van der Waals surface area contributed by atoms with Crippen LogP contribution in [0.25, 0.3) is 0 Å². The fourth-order valence-electron chi connectivity index (χ4n) is 2.02. The molecule has 0 atom stereocenters. The summed E-state index contributed by atoms with van der Waals surface area (Å²) in [4.78, 5) is 16.0. The Morgan fingerprint density at radius 3 is 2.53 bits per heavy atom. The molecular weight excluding hydrogens is 264 g/mol. The molecule has 2 aromatic rings. The van der Waals surface area contributed by atoms with Gasteiger partial charge < -0.3 is 0 Å². The number of carbonyl (C=O) groups is 1. The quantitative estimate of drug-likeness (QED) is 0.831. The molecule has 1 aromatic heterocycles. The van der Waals surface area contributed by atoms with Gasteiger partial charge in [0.05, 0.1) is 17.0 Å². The highest BCUT2D eigenvalue weighted by molar-refractivity contribution is 7.93. The molecule has 6 heteroatoms. The van der Waals surface area contributed by atoms with Crippen LogP contribution in [-0.2, 0) is 10.0 Å². The van der Waals surface area contributed by atoms with Gasteiger partial charge in [-0.3, -0.25) is 4.79 Å². The van der Waals surface area contributed by atoms with Gasteiger partial charge in [0.25, 0.3) is 10.0 Å². The summed E-state index contributed by atoms with van der Waals surface area (Å²) in [6.45, 7) is -0.191. The van der Waals surface area contributed by atoms with Crippen molar-refractivity contribution in [3.63, 3.8) is 0 Å². The molecule has 0 unspecified atom stereocenters. The predicted octanol–water partition coefficient (Wildman–Crippen LogP) is 1.47. The zero-order valence-electron chi connectivity index (χ0n) is 9.85. The van der Waals surface area contributed by atoms with Crippen LogP contribution in [0.5, 0.6) is 0 Å². The third kappa shape index (κ3) is 1.80. The first-order valence-electron chi connectivity index (χ1n) is 5.67. The van der Waals surface area contributed by atoms with Gasteiger partial charge in [0, 0.05) is 6.20 Å². The Bertz CT molecular complexity index is 741. The lowest BCUT2D eigenvalue weighted by Gasteiger charge is -2.17. The third-order valence-electron chi connectivity index (χ3n) is 2.94. The van der Waals surface area contributed by atoms with E-state index in [0.29, 0.717) is 5.56 Å². The molecule has 0 amide bonds. The lowest BCUT2D eigenvalue weighted by Crippen LogP contribution is -2.30. The summed E-state index contributed by atoms with van der Waals surface area (Å²) in [5.74, 6) is -0.0287. The minimum absolute atomic E-state index is 0.154. The van der Waals surface area contributed by atoms with Crippen molar-refractivity contribution in [2.75, 3.05) is 10.8 Å². The van der Waals surface area contributed by atoms with Crippen molar-refractivity contribution in [3.05, 3.63) is 54.2 Å². The SMILES string of the molecule is O=C1CN(S(=O)(=O)c2ccccc2)c2ncccc21. The molecule has 0 N–H and O–H groups in total. The van der Waals surface area contributed by atoms with E-state index in [0.717, 1.165) is 4.31 Å². The molecule has 0 radical (unpaired) electrons. The number of pyridine rings is 1. The van der Waals surface area contributed by atoms with Gasteiger partial charge in [-0.2, -0.15) is 0 Å². The zero-order chi connectivity index (χ0) is 13.5. The maximum atomic E-state index is 12.5. The highest BCUT2D eigenvalue weighted by Crippen LogP contribution is 2.30. The summed E-state index contributed by atoms with van der Waals surface area (Å²) in [5, 5.41) is 0. The minimum atomic E-state index is -3.74. The second kappa shape index (κ2) is 4.17. The Kier molecular flexibility index (Phi) is 2.60. The summed E-state index contributed by atoms with van der Waals surface area (Å²) >= 11 is 0. The number of carbonyl (C=O) groups excluding carboxylic acids is 1. The molecule has 0 aliphatic carbocycles. The van der Waals surface area contributed by atoms with E-state index in [1.807, 2.05) is 0 Å². The molecular formula is C13H10N2O3S. The second-order valence-electron chi connectivity index (χ2n) is 4.12. The number of sulfonamides is 1. The minimum Gasteiger partial charge on any atom is -0.292 e. The van der Waals surface area contributed by atoms with Gasteiger partial charge in [0.1, 0.15) is 0 Å². The van der Waals surface area contributed by atoms with Crippen LogP contribution in [0.4, 0.5) is 5.82 Å². The predicted molar refractivity (Wildman–Crippen MR) is 69.5 cm³/mol. The lowest BCUT2D eigenvalue weighted by atomic mass is 10.2. The maximum absolute atomic E-state index is 12.5. The smallest absolute Gasteiger partial charge is 0.265 e. The Morgan fingerprint density at radius 2 is 1.79 bits per heavy atom. The maximum Gasteiger partial charge on any atom is 0.265 e. The normalized spacial score (nSPS) is 14.5. The van der Waals surface area contributed by atoms with Gasteiger partial charge in [0.15, 0.2) is 11.6 Å². The van der Waals surface area contributed by atoms with Crippen LogP contribution < -0.4 is 4.31 Å². The first-order valence-corrected chi connectivity index (χ1v) is 7.11. The van der Waals surface area contributed by atoms with E-state index in [4.69, 9.17) is 0 Å². The van der Waals surface area contributed by atoms with Gasteiger partial charge >= 0.3 is 0 Å². The third-order valence-corrected chi connectivity index (χ3v) is 4.69. The van der Waals surface area contributed by atoms with Crippen LogP contribution in [0.3, 0.4) is 0 Å². The summed E-state index contributed by atoms with van der Waals surface area (Å²) in [7, 11) is -3.74. The topological polar surface area (TPSA) is 67.3 Å². The van der Waals surface area contributed by atoms with Gasteiger partial charge in [-0.1, -0.05) is 18.2 Å². The largest absolute Gasteiger partial charge is 0.292 e. The van der Waals surface area contributed by atoms with Crippen LogP contribution in [0.1, 0.15) is 10.4 Å². The standard InChI is InChI=1S/C13H10N2O3S/c16-12-9-15(13-11(12)7-4-8-14-13)19(17,18)10-5-2-1-3-6-10/h1-8H,9H2. The summed E-state index contributed by atoms with van der Waals surface area (Å²) in [6.07, 6.45) is 1.48. The van der Waals surface area contributed by atoms with Crippen molar-refractivity contribution < 1.29 is 13.2 Å². The van der Waals surface area contributed by atoms with E-state index < -0.39 is 10.0 Å². The molecule has 0 saturated carbocycles. The van der Waals surface area contributed by atoms with E-state index in [9.17, 15) is 13.2 Å². The number of aromatic nitrogens is 1. The lowest BCUT2D eigenvalue weighted by molar-refractivity contribution is 0.101. The number of Topliss-reactive ketones (excluding diaryl/α,β-unsaturated/α-hetero) is 1. The monoisotopic (exact) mass is 274 g/mol. The number of benzene rings is 1. The average Bonchev–Trinajstić information content (AvgIpc) is 2.79. The van der Waals surface area contributed by atoms with Crippen LogP contribution in [0.2, 0.25) is 0 Å². The fraction of sp³-hybridized carbons (Fsp3) is 0.0769. The van der Waals surface area contributed by atoms with Gasteiger partial charge in [-0.25, -0.2) is 17.7 Å². The van der Waals surface area contributed by atoms with Crippen molar-refractivity contribution in [3.8, 4) is 0 Å². The van der Waals surface area contributed by atoms with E-state index in [-0.39, 0.29) is 23.0 Å². The highest BCUT2D eigenvalue weighted by Gasteiger charge is 2.36. The average molecular weight is 274 g/mol. The molecule has 0 bridgehead atoms. The van der Waals surface area contributed by atoms with Gasteiger partial charge in [0.2, 0.25) is 0 Å². The van der Waals surface area contributed by atoms with Gasteiger partial charge in [-0.15, -0.1) is 0 Å². The molecule has 0 saturated heterocycles. The number of fused-ring (bicyclic) bond motifs is 1. The molecule has 1 aliphatic heterocycles. The van der Waals surface area contributed by atoms with Crippen LogP contribution in [0.15, 0.2) is 53.6 Å². The van der Waals surface area contributed by atoms with Crippen molar-refractivity contribution >= 4 is 21.6 Å². The summed E-state index contributed by atoms with van der Waals surface area (Å²) < 4.78 is 26.0. The molecule has 0 fully saturated rings. The van der Waals surface area contributed by atoms with E-state index in [1.165, 1.54) is 18.3 Å². The van der Waals surface area contributed by atoms with E-state index in [2.05, 4.69) is 4.98 Å². The number of ketones is 1. The van der Waals surface area contributed by atoms with E-state index in [1.54, 1.807) is 30.3 Å². The first-order chi connectivity index (χ1) is 9.10. The number of rotatable bonds is 2. The Balaban J connectivity index is 2.13. The summed E-state index contributed by atoms with van der Waals surface area (Å²) in [6, 6.07) is 11.2. The molecule has 0 spiro atoms. The van der Waals surface area contributed by atoms with Crippen LogP contribution in [0, 0.1) is 0 Å². The van der Waals surface area contributed by atoms with Crippen molar-refractivity contribution in [2.24, 2.45) is 0 Å². The number of anilines is 1. The molecule has 3 rings (SSSR count). The number of hydrogen-bond acceptors (Lipinski definition) is 4. The van der Waals surface area contributed by atoms with Crippen molar-refractivity contribution in [1.29, 1.82) is 0 Å². The fourth-order valence-corrected chi connectivity index (χ4v) is 3.44. The summed E-state index contributed by atoms with van der Waals surface area (Å²) in [5.41, 5.74) is 0.349. The Labute approximate surface area is 110 Å². The van der Waals surface area contributed by atoms with Crippen molar-refractivity contribution in [1.82, 2.24) is 4.98 Å². The molecule has 1 aromatic carbocycles. The van der Waals surface area contributed by atoms with Crippen LogP contribution >= 0.6 is 0 Å². The Hall–Kier alpha value is -2.21. The van der Waals surface area contributed by atoms with Crippen LogP contribution in [-0.4, -0.2) is 25.7 Å². The first kappa shape index (κ1) is 11.9. The number of hydrogen-bond donors (Lipinski definition) is 0. The number of nitrogens with zero attached hydrogens (tertiary/aromatic N) is 2. The molecule has 19 heavy (non-hydrogen) atoms. The highest BCUT2D eigenvalue weighted by atomic mass is 32.2. The van der Waals surface area contributed by atoms with Gasteiger partial charge in [-0.05, 0) is 24.3 Å². The zero-order valence-corrected chi connectivity index (χ0v) is 10.7. The van der Waals surface area contributed by atoms with E-state index >= 15 is 0 Å². The molecule has 2 heterocycles. The van der Waals surface area contributed by atoms with Crippen molar-refractivity contribution in [2.45, 2.75) is 4.90 Å². The molecule has 5 nitrogen and oxygen atoms in total. The second-order valence-corrected chi connectivity index (χ2v) is 5.98. The molecule has 1 aliphatic rings. The molecule has 96 valence electrons.